The van der Waals surface area contributed by atoms with E-state index in [1.807, 2.05) is 20.8 Å². The minimum Gasteiger partial charge on any atom is -0.238 e. The fraction of sp³-hybridized carbons (Fsp3) is 0.308. The predicted molar refractivity (Wildman–Crippen MR) is 62.8 cm³/mol. The molecular weight excluding hydrogens is 241 g/mol. The molecule has 0 saturated heterocycles. The Morgan fingerprint density at radius 1 is 1.11 bits per heavy atom. The number of halogens is 3. The van der Waals surface area contributed by atoms with E-state index in [1.165, 1.54) is 6.07 Å². The van der Waals surface area contributed by atoms with E-state index in [2.05, 4.69) is 5.10 Å². The number of aryl methyl sites for hydroxylation is 1. The summed E-state index contributed by atoms with van der Waals surface area (Å²) in [6, 6.07) is 5.18. The standard InChI is InChI=1S/C13H13F3N2/c1-8-9(2)17-18(10(8)3)12-6-4-5-11(7-12)13(14,15)16/h4-7H,1-3H3. The molecule has 1 aromatic heterocycles. The number of hydrogen-bond acceptors (Lipinski definition) is 1. The Morgan fingerprint density at radius 2 is 1.78 bits per heavy atom. The van der Waals surface area contributed by atoms with Crippen LogP contribution in [0, 0.1) is 20.8 Å². The first-order valence-corrected chi connectivity index (χ1v) is 5.51. The molecule has 0 fully saturated rings. The molecule has 2 aromatic rings. The van der Waals surface area contributed by atoms with Crippen LogP contribution in [0.15, 0.2) is 24.3 Å². The van der Waals surface area contributed by atoms with E-state index in [1.54, 1.807) is 10.7 Å². The molecule has 0 aliphatic carbocycles. The zero-order valence-electron chi connectivity index (χ0n) is 10.3. The van der Waals surface area contributed by atoms with Crippen LogP contribution in [-0.2, 0) is 6.18 Å². The molecule has 2 nitrogen and oxygen atoms in total. The van der Waals surface area contributed by atoms with Gasteiger partial charge in [0.2, 0.25) is 0 Å². The first-order valence-electron chi connectivity index (χ1n) is 5.51. The summed E-state index contributed by atoms with van der Waals surface area (Å²) < 4.78 is 39.5. The van der Waals surface area contributed by atoms with Crippen molar-refractivity contribution in [2.24, 2.45) is 0 Å². The second-order valence-electron chi connectivity index (χ2n) is 4.26. The number of rotatable bonds is 1. The molecule has 0 saturated carbocycles. The van der Waals surface area contributed by atoms with Crippen LogP contribution >= 0.6 is 0 Å². The van der Waals surface area contributed by atoms with Crippen molar-refractivity contribution >= 4 is 0 Å². The van der Waals surface area contributed by atoms with Gasteiger partial charge in [0.25, 0.3) is 0 Å². The summed E-state index contributed by atoms with van der Waals surface area (Å²) in [5.41, 5.74) is 2.44. The van der Waals surface area contributed by atoms with Crippen molar-refractivity contribution < 1.29 is 13.2 Å². The molecule has 0 aliphatic rings. The lowest BCUT2D eigenvalue weighted by Crippen LogP contribution is -2.07. The highest BCUT2D eigenvalue weighted by atomic mass is 19.4. The van der Waals surface area contributed by atoms with Gasteiger partial charge in [0.05, 0.1) is 16.9 Å². The summed E-state index contributed by atoms with van der Waals surface area (Å²) in [5.74, 6) is 0. The van der Waals surface area contributed by atoms with Gasteiger partial charge in [0, 0.05) is 5.69 Å². The number of benzene rings is 1. The lowest BCUT2D eigenvalue weighted by molar-refractivity contribution is -0.137. The highest BCUT2D eigenvalue weighted by molar-refractivity contribution is 5.40. The normalized spacial score (nSPS) is 11.9. The molecule has 0 aliphatic heterocycles. The Morgan fingerprint density at radius 3 is 2.28 bits per heavy atom. The quantitative estimate of drug-likeness (QED) is 0.756. The SMILES string of the molecule is Cc1nn(-c2cccc(C(F)(F)F)c2)c(C)c1C. The first kappa shape index (κ1) is 12.7. The molecule has 0 bridgehead atoms. The summed E-state index contributed by atoms with van der Waals surface area (Å²) in [6.45, 7) is 5.59. The van der Waals surface area contributed by atoms with Crippen molar-refractivity contribution in [1.82, 2.24) is 9.78 Å². The first-order chi connectivity index (χ1) is 8.30. The summed E-state index contributed by atoms with van der Waals surface area (Å²) in [4.78, 5) is 0. The number of nitrogens with zero attached hydrogens (tertiary/aromatic N) is 2. The van der Waals surface area contributed by atoms with Gasteiger partial charge in [0.15, 0.2) is 0 Å². The van der Waals surface area contributed by atoms with E-state index in [9.17, 15) is 13.2 Å². The molecule has 18 heavy (non-hydrogen) atoms. The van der Waals surface area contributed by atoms with E-state index < -0.39 is 11.7 Å². The van der Waals surface area contributed by atoms with Crippen molar-refractivity contribution in [2.45, 2.75) is 26.9 Å². The second-order valence-corrected chi connectivity index (χ2v) is 4.26. The molecule has 0 atom stereocenters. The fourth-order valence-corrected chi connectivity index (χ4v) is 1.79. The third-order valence-electron chi connectivity index (χ3n) is 3.07. The molecule has 0 N–H and O–H groups in total. The number of aromatic nitrogens is 2. The number of alkyl halides is 3. The van der Waals surface area contributed by atoms with Gasteiger partial charge in [0.1, 0.15) is 0 Å². The van der Waals surface area contributed by atoms with Crippen LogP contribution in [0.1, 0.15) is 22.5 Å². The third kappa shape index (κ3) is 2.12. The lowest BCUT2D eigenvalue weighted by Gasteiger charge is -2.10. The molecule has 1 heterocycles. The zero-order valence-corrected chi connectivity index (χ0v) is 10.3. The predicted octanol–water partition coefficient (Wildman–Crippen LogP) is 3.82. The van der Waals surface area contributed by atoms with Gasteiger partial charge in [-0.05, 0) is 44.5 Å². The van der Waals surface area contributed by atoms with Gasteiger partial charge in [-0.3, -0.25) is 0 Å². The summed E-state index contributed by atoms with van der Waals surface area (Å²) in [6.07, 6.45) is -4.33. The van der Waals surface area contributed by atoms with Crippen LogP contribution in [-0.4, -0.2) is 9.78 Å². The van der Waals surface area contributed by atoms with E-state index in [-0.39, 0.29) is 0 Å². The molecule has 5 heteroatoms. The monoisotopic (exact) mass is 254 g/mol. The molecule has 0 amide bonds. The summed E-state index contributed by atoms with van der Waals surface area (Å²) >= 11 is 0. The van der Waals surface area contributed by atoms with E-state index in [0.717, 1.165) is 29.1 Å². The highest BCUT2D eigenvalue weighted by Gasteiger charge is 2.30. The van der Waals surface area contributed by atoms with Crippen LogP contribution in [0.25, 0.3) is 5.69 Å². The average molecular weight is 254 g/mol. The third-order valence-corrected chi connectivity index (χ3v) is 3.07. The van der Waals surface area contributed by atoms with E-state index >= 15 is 0 Å². The minimum atomic E-state index is -4.33. The van der Waals surface area contributed by atoms with Gasteiger partial charge in [-0.1, -0.05) is 6.07 Å². The van der Waals surface area contributed by atoms with Gasteiger partial charge in [-0.2, -0.15) is 18.3 Å². The van der Waals surface area contributed by atoms with Crippen molar-refractivity contribution in [2.75, 3.05) is 0 Å². The van der Waals surface area contributed by atoms with Gasteiger partial charge in [-0.25, -0.2) is 4.68 Å². The molecule has 2 rings (SSSR count). The summed E-state index contributed by atoms with van der Waals surface area (Å²) in [5, 5.41) is 4.25. The van der Waals surface area contributed by atoms with Crippen LogP contribution in [0.2, 0.25) is 0 Å². The van der Waals surface area contributed by atoms with Crippen LogP contribution in [0.4, 0.5) is 13.2 Å². The topological polar surface area (TPSA) is 17.8 Å². The average Bonchev–Trinajstić information content (AvgIpc) is 2.56. The molecule has 96 valence electrons. The van der Waals surface area contributed by atoms with Gasteiger partial charge >= 0.3 is 6.18 Å². The van der Waals surface area contributed by atoms with E-state index in [0.29, 0.717) is 5.69 Å². The van der Waals surface area contributed by atoms with Crippen LogP contribution in [0.3, 0.4) is 0 Å². The lowest BCUT2D eigenvalue weighted by atomic mass is 10.2. The van der Waals surface area contributed by atoms with Crippen molar-refractivity contribution in [1.29, 1.82) is 0 Å². The van der Waals surface area contributed by atoms with Crippen LogP contribution < -0.4 is 0 Å². The van der Waals surface area contributed by atoms with Crippen molar-refractivity contribution in [3.8, 4) is 5.69 Å². The largest absolute Gasteiger partial charge is 0.416 e. The Bertz CT molecular complexity index is 582. The Balaban J connectivity index is 2.55. The molecule has 0 unspecified atom stereocenters. The van der Waals surface area contributed by atoms with E-state index in [4.69, 9.17) is 0 Å². The molecule has 0 spiro atoms. The van der Waals surface area contributed by atoms with Gasteiger partial charge < -0.3 is 0 Å². The van der Waals surface area contributed by atoms with Crippen molar-refractivity contribution in [3.63, 3.8) is 0 Å². The smallest absolute Gasteiger partial charge is 0.238 e. The maximum atomic E-state index is 12.6. The fourth-order valence-electron chi connectivity index (χ4n) is 1.79. The highest BCUT2D eigenvalue weighted by Crippen LogP contribution is 2.30. The maximum absolute atomic E-state index is 12.6. The molecule has 0 radical (unpaired) electrons. The summed E-state index contributed by atoms with van der Waals surface area (Å²) in [7, 11) is 0. The van der Waals surface area contributed by atoms with Crippen LogP contribution in [0.5, 0.6) is 0 Å². The second kappa shape index (κ2) is 4.15. The number of hydrogen-bond donors (Lipinski definition) is 0. The maximum Gasteiger partial charge on any atom is 0.416 e. The Labute approximate surface area is 103 Å². The Kier molecular flexibility index (Phi) is 2.92. The Hall–Kier alpha value is -1.78. The molecular formula is C13H13F3N2. The molecule has 1 aromatic carbocycles. The minimum absolute atomic E-state index is 0.429. The van der Waals surface area contributed by atoms with Crippen molar-refractivity contribution in [3.05, 3.63) is 46.8 Å². The zero-order chi connectivity index (χ0) is 13.5. The van der Waals surface area contributed by atoms with Gasteiger partial charge in [-0.15, -0.1) is 0 Å².